The summed E-state index contributed by atoms with van der Waals surface area (Å²) in [6, 6.07) is 1.70. The summed E-state index contributed by atoms with van der Waals surface area (Å²) in [5, 5.41) is 4.41. The average Bonchev–Trinajstić information content (AvgIpc) is 2.75. The monoisotopic (exact) mass is 277 g/mol. The second kappa shape index (κ2) is 4.60. The molecule has 2 heterocycles. The van der Waals surface area contributed by atoms with Crippen LogP contribution in [0, 0.1) is 0 Å². The van der Waals surface area contributed by atoms with E-state index >= 15 is 0 Å². The number of fused-ring (bicyclic) bond motifs is 1. The van der Waals surface area contributed by atoms with Crippen LogP contribution in [-0.4, -0.2) is 29.3 Å². The molecule has 18 heavy (non-hydrogen) atoms. The lowest BCUT2D eigenvalue weighted by Gasteiger charge is -2.17. The molecule has 0 aliphatic rings. The zero-order chi connectivity index (χ0) is 13.3. The molecule has 0 bridgehead atoms. The summed E-state index contributed by atoms with van der Waals surface area (Å²) >= 11 is 1.24. The normalized spacial score (nSPS) is 13.6. The molecule has 8 heteroatoms. The average molecular weight is 277 g/mol. The fourth-order valence-electron chi connectivity index (χ4n) is 1.26. The van der Waals surface area contributed by atoms with Gasteiger partial charge in [0.15, 0.2) is 6.10 Å². The van der Waals surface area contributed by atoms with Gasteiger partial charge < -0.3 is 10.1 Å². The first-order valence-corrected chi connectivity index (χ1v) is 5.96. The van der Waals surface area contributed by atoms with E-state index in [9.17, 15) is 13.2 Å². The van der Waals surface area contributed by atoms with Gasteiger partial charge in [0.1, 0.15) is 4.70 Å². The molecule has 0 aliphatic heterocycles. The minimum atomic E-state index is -4.42. The van der Waals surface area contributed by atoms with E-state index < -0.39 is 12.3 Å². The highest BCUT2D eigenvalue weighted by atomic mass is 32.1. The number of alkyl halides is 3. The molecular weight excluding hydrogens is 267 g/mol. The van der Waals surface area contributed by atoms with E-state index in [2.05, 4.69) is 15.3 Å². The summed E-state index contributed by atoms with van der Waals surface area (Å²) in [6.07, 6.45) is -6.34. The lowest BCUT2D eigenvalue weighted by molar-refractivity contribution is -0.189. The number of hydrogen-bond acceptors (Lipinski definition) is 5. The summed E-state index contributed by atoms with van der Waals surface area (Å²) in [7, 11) is 1.59. The van der Waals surface area contributed by atoms with Crippen molar-refractivity contribution in [2.45, 2.75) is 19.2 Å². The van der Waals surface area contributed by atoms with Crippen LogP contribution < -0.4 is 10.1 Å². The fourth-order valence-corrected chi connectivity index (χ4v) is 2.02. The third kappa shape index (κ3) is 2.47. The van der Waals surface area contributed by atoms with E-state index in [-0.39, 0.29) is 11.8 Å². The predicted octanol–water partition coefficient (Wildman–Crippen LogP) is 3.06. The predicted molar refractivity (Wildman–Crippen MR) is 63.1 cm³/mol. The van der Waals surface area contributed by atoms with Crippen molar-refractivity contribution in [3.63, 3.8) is 0 Å². The summed E-state index contributed by atoms with van der Waals surface area (Å²) < 4.78 is 42.8. The quantitative estimate of drug-likeness (QED) is 0.936. The van der Waals surface area contributed by atoms with Gasteiger partial charge >= 0.3 is 6.18 Å². The Hall–Kier alpha value is -1.57. The second-order valence-electron chi connectivity index (χ2n) is 3.54. The molecular formula is C10H10F3N3OS. The van der Waals surface area contributed by atoms with Gasteiger partial charge in [0.25, 0.3) is 0 Å². The maximum absolute atomic E-state index is 12.5. The largest absolute Gasteiger partial charge is 0.464 e. The lowest BCUT2D eigenvalue weighted by atomic mass is 10.4. The molecule has 0 fully saturated rings. The highest BCUT2D eigenvalue weighted by Crippen LogP contribution is 2.32. The molecule has 2 rings (SSSR count). The zero-order valence-electron chi connectivity index (χ0n) is 9.58. The van der Waals surface area contributed by atoms with Crippen molar-refractivity contribution >= 4 is 27.5 Å². The van der Waals surface area contributed by atoms with E-state index in [4.69, 9.17) is 4.74 Å². The van der Waals surface area contributed by atoms with Crippen LogP contribution in [0.1, 0.15) is 6.92 Å². The molecule has 4 nitrogen and oxygen atoms in total. The van der Waals surface area contributed by atoms with Gasteiger partial charge in [0.2, 0.25) is 11.8 Å². The minimum absolute atomic E-state index is 0.0517. The van der Waals surface area contributed by atoms with Crippen LogP contribution in [0.4, 0.5) is 19.1 Å². The van der Waals surface area contributed by atoms with Crippen molar-refractivity contribution < 1.29 is 17.9 Å². The Kier molecular flexibility index (Phi) is 3.29. The number of nitrogens with zero attached hydrogens (tertiary/aromatic N) is 2. The number of nitrogens with one attached hydrogen (secondary N) is 1. The molecule has 1 N–H and O–H groups in total. The van der Waals surface area contributed by atoms with Crippen molar-refractivity contribution in [2.24, 2.45) is 0 Å². The van der Waals surface area contributed by atoms with Gasteiger partial charge in [-0.1, -0.05) is 0 Å². The summed E-state index contributed by atoms with van der Waals surface area (Å²) in [6.45, 7) is 0.945. The second-order valence-corrected chi connectivity index (χ2v) is 4.46. The van der Waals surface area contributed by atoms with Gasteiger partial charge in [-0.15, -0.1) is 11.3 Å². The van der Waals surface area contributed by atoms with Crippen LogP contribution in [0.15, 0.2) is 11.4 Å². The molecule has 1 unspecified atom stereocenters. The summed E-state index contributed by atoms with van der Waals surface area (Å²) in [4.78, 5) is 8.02. The van der Waals surface area contributed by atoms with E-state index in [1.165, 1.54) is 11.3 Å². The SMILES string of the molecule is CNc1nc(OC(C)C(F)(F)F)c2sccc2n1. The molecule has 0 radical (unpaired) electrons. The van der Waals surface area contributed by atoms with Crippen LogP contribution in [0.2, 0.25) is 0 Å². The lowest BCUT2D eigenvalue weighted by Crippen LogP contribution is -2.31. The highest BCUT2D eigenvalue weighted by molar-refractivity contribution is 7.17. The molecule has 1 atom stereocenters. The van der Waals surface area contributed by atoms with Crippen LogP contribution in [0.5, 0.6) is 5.88 Å². The number of rotatable bonds is 3. The first kappa shape index (κ1) is 12.9. The fraction of sp³-hybridized carbons (Fsp3) is 0.400. The Morgan fingerprint density at radius 3 is 2.72 bits per heavy atom. The Balaban J connectivity index is 2.40. The van der Waals surface area contributed by atoms with E-state index in [1.807, 2.05) is 0 Å². The topological polar surface area (TPSA) is 47.0 Å². The van der Waals surface area contributed by atoms with Gasteiger partial charge in [-0.2, -0.15) is 18.2 Å². The maximum atomic E-state index is 12.5. The first-order chi connectivity index (χ1) is 8.41. The van der Waals surface area contributed by atoms with E-state index in [0.717, 1.165) is 6.92 Å². The molecule has 0 aliphatic carbocycles. The van der Waals surface area contributed by atoms with Crippen molar-refractivity contribution in [3.05, 3.63) is 11.4 Å². The molecule has 2 aromatic heterocycles. The molecule has 0 spiro atoms. The number of halogens is 3. The molecule has 0 amide bonds. The maximum Gasteiger partial charge on any atom is 0.425 e. The number of aromatic nitrogens is 2. The standard InChI is InChI=1S/C10H10F3N3OS/c1-5(10(11,12)13)17-8-7-6(3-4-18-7)15-9(14-2)16-8/h3-5H,1-2H3,(H,14,15,16). The van der Waals surface area contributed by atoms with Crippen LogP contribution in [0.3, 0.4) is 0 Å². The van der Waals surface area contributed by atoms with Crippen molar-refractivity contribution in [1.29, 1.82) is 0 Å². The number of ether oxygens (including phenoxy) is 1. The summed E-state index contributed by atoms with van der Waals surface area (Å²) in [5.41, 5.74) is 0.559. The van der Waals surface area contributed by atoms with E-state index in [1.54, 1.807) is 18.5 Å². The van der Waals surface area contributed by atoms with Gasteiger partial charge in [0.05, 0.1) is 5.52 Å². The Morgan fingerprint density at radius 2 is 2.11 bits per heavy atom. The molecule has 2 aromatic rings. The first-order valence-electron chi connectivity index (χ1n) is 5.08. The Morgan fingerprint density at radius 1 is 1.39 bits per heavy atom. The third-order valence-electron chi connectivity index (χ3n) is 2.25. The molecule has 0 aromatic carbocycles. The van der Waals surface area contributed by atoms with Gasteiger partial charge in [-0.25, -0.2) is 4.98 Å². The Labute approximate surface area is 105 Å². The van der Waals surface area contributed by atoms with Gasteiger partial charge in [-0.05, 0) is 18.4 Å². The highest BCUT2D eigenvalue weighted by Gasteiger charge is 2.38. The molecule has 98 valence electrons. The number of hydrogen-bond donors (Lipinski definition) is 1. The van der Waals surface area contributed by atoms with E-state index in [0.29, 0.717) is 10.2 Å². The summed E-state index contributed by atoms with van der Waals surface area (Å²) in [5.74, 6) is 0.175. The van der Waals surface area contributed by atoms with Crippen molar-refractivity contribution in [2.75, 3.05) is 12.4 Å². The zero-order valence-corrected chi connectivity index (χ0v) is 10.4. The number of anilines is 1. The minimum Gasteiger partial charge on any atom is -0.464 e. The molecule has 0 saturated carbocycles. The van der Waals surface area contributed by atoms with Crippen LogP contribution in [-0.2, 0) is 0 Å². The molecule has 0 saturated heterocycles. The third-order valence-corrected chi connectivity index (χ3v) is 3.14. The van der Waals surface area contributed by atoms with Crippen LogP contribution >= 0.6 is 11.3 Å². The van der Waals surface area contributed by atoms with Gasteiger partial charge in [0, 0.05) is 7.05 Å². The van der Waals surface area contributed by atoms with Crippen LogP contribution in [0.25, 0.3) is 10.2 Å². The van der Waals surface area contributed by atoms with Crippen molar-refractivity contribution in [3.8, 4) is 5.88 Å². The number of thiophene rings is 1. The smallest absolute Gasteiger partial charge is 0.425 e. The van der Waals surface area contributed by atoms with Crippen molar-refractivity contribution in [1.82, 2.24) is 9.97 Å². The Bertz CT molecular complexity index is 555. The van der Waals surface area contributed by atoms with Gasteiger partial charge in [-0.3, -0.25) is 0 Å².